The molecule has 1 unspecified atom stereocenters. The number of benzene rings is 4. The molecule has 1 N–H and O–H groups in total. The molecule has 0 aliphatic rings. The molecule has 0 bridgehead atoms. The van der Waals surface area contributed by atoms with E-state index in [9.17, 15) is 18.0 Å². The summed E-state index contributed by atoms with van der Waals surface area (Å²) in [6.45, 7) is 0.0135. The zero-order valence-corrected chi connectivity index (χ0v) is 25.0. The van der Waals surface area contributed by atoms with Crippen molar-refractivity contribution in [2.75, 3.05) is 12.8 Å². The Morgan fingerprint density at radius 3 is 1.74 bits per heavy atom. The van der Waals surface area contributed by atoms with E-state index in [4.69, 9.17) is 11.6 Å². The van der Waals surface area contributed by atoms with E-state index in [2.05, 4.69) is 5.32 Å². The molecule has 0 fully saturated rings. The molecule has 0 aliphatic carbocycles. The monoisotopic (exact) mass is 603 g/mol. The number of carbonyl (C=O) groups is 2. The minimum absolute atomic E-state index is 0.0384. The molecule has 4 aromatic carbocycles. The zero-order chi connectivity index (χ0) is 30.0. The molecule has 0 radical (unpaired) electrons. The first kappa shape index (κ1) is 31.0. The van der Waals surface area contributed by atoms with Gasteiger partial charge < -0.3 is 10.2 Å². The lowest BCUT2D eigenvalue weighted by molar-refractivity contribution is -0.141. The predicted octanol–water partition coefficient (Wildman–Crippen LogP) is 5.06. The van der Waals surface area contributed by atoms with E-state index in [0.29, 0.717) is 5.02 Å². The molecule has 0 aromatic heterocycles. The number of nitrogens with one attached hydrogen (secondary N) is 1. The van der Waals surface area contributed by atoms with E-state index < -0.39 is 28.5 Å². The quantitative estimate of drug-likeness (QED) is 0.231. The summed E-state index contributed by atoms with van der Waals surface area (Å²) in [4.78, 5) is 29.4. The molecule has 2 amide bonds. The third kappa shape index (κ3) is 9.27. The van der Waals surface area contributed by atoms with E-state index in [1.807, 2.05) is 103 Å². The van der Waals surface area contributed by atoms with Crippen molar-refractivity contribution in [1.82, 2.24) is 14.5 Å². The molecule has 218 valence electrons. The van der Waals surface area contributed by atoms with Crippen molar-refractivity contribution in [3.63, 3.8) is 0 Å². The molecule has 0 spiro atoms. The lowest BCUT2D eigenvalue weighted by Crippen LogP contribution is -2.53. The van der Waals surface area contributed by atoms with Gasteiger partial charge in [0.05, 0.1) is 12.8 Å². The molecule has 42 heavy (non-hydrogen) atoms. The first-order valence-electron chi connectivity index (χ1n) is 13.6. The van der Waals surface area contributed by atoms with Gasteiger partial charge >= 0.3 is 0 Å². The number of rotatable bonds is 13. The zero-order valence-electron chi connectivity index (χ0n) is 23.4. The van der Waals surface area contributed by atoms with Crippen LogP contribution in [-0.2, 0) is 45.7 Å². The SMILES string of the molecule is CS(=O)(=O)N(CC(=O)N(Cc1ccccc1)C(Cc1ccccc1)C(=O)NCc1ccc(Cl)cc1)Cc1ccccc1. The van der Waals surface area contributed by atoms with Gasteiger partial charge in [0.2, 0.25) is 21.8 Å². The van der Waals surface area contributed by atoms with Crippen molar-refractivity contribution in [1.29, 1.82) is 0 Å². The van der Waals surface area contributed by atoms with Crippen LogP contribution in [0.2, 0.25) is 5.02 Å². The Morgan fingerprint density at radius 2 is 1.21 bits per heavy atom. The molecule has 4 aromatic rings. The van der Waals surface area contributed by atoms with Gasteiger partial charge in [-0.15, -0.1) is 0 Å². The molecular weight excluding hydrogens is 570 g/mol. The number of carbonyl (C=O) groups excluding carboxylic acids is 2. The third-order valence-corrected chi connectivity index (χ3v) is 8.28. The molecule has 0 aliphatic heterocycles. The van der Waals surface area contributed by atoms with Crippen molar-refractivity contribution < 1.29 is 18.0 Å². The predicted molar refractivity (Wildman–Crippen MR) is 166 cm³/mol. The number of sulfonamides is 1. The number of hydrogen-bond acceptors (Lipinski definition) is 4. The topological polar surface area (TPSA) is 86.8 Å². The van der Waals surface area contributed by atoms with Gasteiger partial charge in [0.25, 0.3) is 0 Å². The summed E-state index contributed by atoms with van der Waals surface area (Å²) in [6, 6.07) is 34.2. The van der Waals surface area contributed by atoms with Gasteiger partial charge in [-0.25, -0.2) is 8.42 Å². The smallest absolute Gasteiger partial charge is 0.243 e. The van der Waals surface area contributed by atoms with E-state index in [1.54, 1.807) is 12.1 Å². The Bertz CT molecular complexity index is 1550. The second-order valence-electron chi connectivity index (χ2n) is 10.1. The first-order chi connectivity index (χ1) is 20.2. The van der Waals surface area contributed by atoms with Gasteiger partial charge in [-0.3, -0.25) is 9.59 Å². The fourth-order valence-corrected chi connectivity index (χ4v) is 5.42. The summed E-state index contributed by atoms with van der Waals surface area (Å²) in [5, 5.41) is 3.57. The maximum absolute atomic E-state index is 14.1. The van der Waals surface area contributed by atoms with Crippen molar-refractivity contribution in [3.05, 3.63) is 143 Å². The van der Waals surface area contributed by atoms with Crippen LogP contribution < -0.4 is 5.32 Å². The highest BCUT2D eigenvalue weighted by Crippen LogP contribution is 2.18. The molecular formula is C33H34ClN3O4S. The summed E-state index contributed by atoms with van der Waals surface area (Å²) in [5.74, 6) is -0.810. The largest absolute Gasteiger partial charge is 0.350 e. The highest BCUT2D eigenvalue weighted by Gasteiger charge is 2.32. The molecule has 0 saturated carbocycles. The van der Waals surface area contributed by atoms with Crippen LogP contribution in [0.3, 0.4) is 0 Å². The number of halogens is 1. The third-order valence-electron chi connectivity index (χ3n) is 6.83. The standard InChI is InChI=1S/C33H34ClN3O4S/c1-42(40,41)36(23-28-13-7-3-8-14-28)25-32(38)37(24-29-15-9-4-10-16-29)31(21-26-11-5-2-6-12-26)33(39)35-22-27-17-19-30(34)20-18-27/h2-20,31H,21-25H2,1H3,(H,35,39). The molecule has 4 rings (SSSR count). The molecule has 0 heterocycles. The van der Waals surface area contributed by atoms with Crippen LogP contribution in [-0.4, -0.2) is 48.3 Å². The van der Waals surface area contributed by atoms with E-state index in [1.165, 1.54) is 4.90 Å². The average molecular weight is 604 g/mol. The summed E-state index contributed by atoms with van der Waals surface area (Å²) < 4.78 is 26.7. The van der Waals surface area contributed by atoms with Gasteiger partial charge in [0.1, 0.15) is 6.04 Å². The summed E-state index contributed by atoms with van der Waals surface area (Å²) in [5.41, 5.74) is 3.31. The lowest BCUT2D eigenvalue weighted by atomic mass is 10.0. The van der Waals surface area contributed by atoms with Gasteiger partial charge in [-0.1, -0.05) is 115 Å². The van der Waals surface area contributed by atoms with Crippen molar-refractivity contribution in [3.8, 4) is 0 Å². The minimum atomic E-state index is -3.74. The average Bonchev–Trinajstić information content (AvgIpc) is 2.99. The summed E-state index contributed by atoms with van der Waals surface area (Å²) in [6.07, 6.45) is 1.34. The second kappa shape index (κ2) is 14.8. The van der Waals surface area contributed by atoms with Crippen LogP contribution in [0.5, 0.6) is 0 Å². The first-order valence-corrected chi connectivity index (χ1v) is 15.8. The van der Waals surface area contributed by atoms with Gasteiger partial charge in [-0.2, -0.15) is 4.31 Å². The Kier molecular flexibility index (Phi) is 10.9. The fraction of sp³-hybridized carbons (Fsp3) is 0.212. The van der Waals surface area contributed by atoms with Crippen LogP contribution in [0.4, 0.5) is 0 Å². The van der Waals surface area contributed by atoms with Gasteiger partial charge in [0.15, 0.2) is 0 Å². The van der Waals surface area contributed by atoms with Crippen LogP contribution in [0.25, 0.3) is 0 Å². The minimum Gasteiger partial charge on any atom is -0.350 e. The maximum atomic E-state index is 14.1. The highest BCUT2D eigenvalue weighted by atomic mass is 35.5. The summed E-state index contributed by atoms with van der Waals surface area (Å²) in [7, 11) is -3.74. The normalized spacial score (nSPS) is 12.1. The van der Waals surface area contributed by atoms with Crippen molar-refractivity contribution in [2.24, 2.45) is 0 Å². The van der Waals surface area contributed by atoms with Gasteiger partial charge in [-0.05, 0) is 34.4 Å². The number of amides is 2. The molecule has 7 nitrogen and oxygen atoms in total. The van der Waals surface area contributed by atoms with Crippen LogP contribution in [0.1, 0.15) is 22.3 Å². The Hall–Kier alpha value is -3.98. The lowest BCUT2D eigenvalue weighted by Gasteiger charge is -2.33. The Balaban J connectivity index is 1.66. The number of nitrogens with zero attached hydrogens (tertiary/aromatic N) is 2. The molecule has 1 atom stereocenters. The van der Waals surface area contributed by atoms with Crippen LogP contribution >= 0.6 is 11.6 Å². The van der Waals surface area contributed by atoms with Crippen LogP contribution in [0.15, 0.2) is 115 Å². The second-order valence-corrected chi connectivity index (χ2v) is 12.5. The number of hydrogen-bond donors (Lipinski definition) is 1. The molecule has 0 saturated heterocycles. The van der Waals surface area contributed by atoms with E-state index in [-0.39, 0.29) is 32.0 Å². The Morgan fingerprint density at radius 1 is 0.714 bits per heavy atom. The molecule has 9 heteroatoms. The van der Waals surface area contributed by atoms with Crippen molar-refractivity contribution >= 4 is 33.4 Å². The highest BCUT2D eigenvalue weighted by molar-refractivity contribution is 7.88. The van der Waals surface area contributed by atoms with Gasteiger partial charge in [0, 0.05) is 31.1 Å². The van der Waals surface area contributed by atoms with Crippen LogP contribution in [0, 0.1) is 0 Å². The van der Waals surface area contributed by atoms with Crippen molar-refractivity contribution in [2.45, 2.75) is 32.1 Å². The Labute approximate surface area is 252 Å². The maximum Gasteiger partial charge on any atom is 0.243 e. The summed E-state index contributed by atoms with van der Waals surface area (Å²) >= 11 is 6.01. The van der Waals surface area contributed by atoms with E-state index >= 15 is 0 Å². The van der Waals surface area contributed by atoms with E-state index in [0.717, 1.165) is 32.8 Å². The fourth-order valence-electron chi connectivity index (χ4n) is 4.56.